The van der Waals surface area contributed by atoms with Crippen LogP contribution in [-0.4, -0.2) is 33.3 Å². The van der Waals surface area contributed by atoms with Crippen molar-refractivity contribution in [1.82, 2.24) is 25.5 Å². The Bertz CT molecular complexity index is 681. The quantitative estimate of drug-likeness (QED) is 0.878. The van der Waals surface area contributed by atoms with Gasteiger partial charge in [-0.15, -0.1) is 5.10 Å². The van der Waals surface area contributed by atoms with Crippen molar-refractivity contribution >= 4 is 11.7 Å². The van der Waals surface area contributed by atoms with Crippen LogP contribution in [0.25, 0.3) is 0 Å². The molecular formula is C16H22N6O2. The summed E-state index contributed by atoms with van der Waals surface area (Å²) in [6.45, 7) is 0.282. The van der Waals surface area contributed by atoms with Crippen molar-refractivity contribution in [3.8, 4) is 5.75 Å². The van der Waals surface area contributed by atoms with Gasteiger partial charge in [0.05, 0.1) is 25.4 Å². The van der Waals surface area contributed by atoms with E-state index in [9.17, 15) is 4.79 Å². The molecule has 1 aliphatic rings. The first-order valence-electron chi connectivity index (χ1n) is 8.22. The Morgan fingerprint density at radius 1 is 1.29 bits per heavy atom. The lowest BCUT2D eigenvalue weighted by atomic mass is 9.96. The van der Waals surface area contributed by atoms with Crippen LogP contribution in [0.2, 0.25) is 0 Å². The normalized spacial score (nSPS) is 15.0. The first-order valence-corrected chi connectivity index (χ1v) is 8.22. The number of hydrogen-bond donors (Lipinski definition) is 2. The topological polar surface area (TPSA) is 94.0 Å². The third-order valence-electron chi connectivity index (χ3n) is 4.24. The molecule has 1 saturated carbocycles. The number of anilines is 1. The van der Waals surface area contributed by atoms with Crippen molar-refractivity contribution in [2.75, 3.05) is 12.4 Å². The highest BCUT2D eigenvalue weighted by molar-refractivity contribution is 5.90. The molecule has 1 heterocycles. The van der Waals surface area contributed by atoms with E-state index in [4.69, 9.17) is 4.74 Å². The zero-order chi connectivity index (χ0) is 16.8. The van der Waals surface area contributed by atoms with Crippen LogP contribution < -0.4 is 15.4 Å². The molecule has 0 saturated heterocycles. The standard InChI is InChI=1S/C16H22N6O2/c1-24-14-10-6-5-9-13(14)18-16(23)17-11-15-19-20-21-22(15)12-7-3-2-4-8-12/h5-6,9-10,12H,2-4,7-8,11H2,1H3,(H2,17,18,23). The molecule has 8 heteroatoms. The van der Waals surface area contributed by atoms with Gasteiger partial charge in [-0.05, 0) is 35.4 Å². The second-order valence-electron chi connectivity index (χ2n) is 5.84. The predicted octanol–water partition coefficient (Wildman–Crippen LogP) is 2.51. The lowest BCUT2D eigenvalue weighted by molar-refractivity contribution is 0.250. The summed E-state index contributed by atoms with van der Waals surface area (Å²) >= 11 is 0. The summed E-state index contributed by atoms with van der Waals surface area (Å²) in [6, 6.07) is 7.27. The molecule has 0 atom stereocenters. The average Bonchev–Trinajstić information content (AvgIpc) is 3.10. The summed E-state index contributed by atoms with van der Waals surface area (Å²) in [7, 11) is 1.57. The SMILES string of the molecule is COc1ccccc1NC(=O)NCc1nnnn1C1CCCCC1. The van der Waals surface area contributed by atoms with Gasteiger partial charge in [0.1, 0.15) is 5.75 Å². The molecule has 1 aliphatic carbocycles. The molecule has 2 N–H and O–H groups in total. The monoisotopic (exact) mass is 330 g/mol. The number of nitrogens with one attached hydrogen (secondary N) is 2. The van der Waals surface area contributed by atoms with Gasteiger partial charge in [0, 0.05) is 0 Å². The van der Waals surface area contributed by atoms with Crippen molar-refractivity contribution in [2.24, 2.45) is 0 Å². The Morgan fingerprint density at radius 2 is 2.08 bits per heavy atom. The van der Waals surface area contributed by atoms with Crippen LogP contribution in [0.4, 0.5) is 10.5 Å². The maximum absolute atomic E-state index is 12.1. The van der Waals surface area contributed by atoms with Crippen LogP contribution in [0, 0.1) is 0 Å². The molecule has 24 heavy (non-hydrogen) atoms. The summed E-state index contributed by atoms with van der Waals surface area (Å²) in [5.41, 5.74) is 0.615. The van der Waals surface area contributed by atoms with Crippen LogP contribution in [0.15, 0.2) is 24.3 Å². The van der Waals surface area contributed by atoms with Gasteiger partial charge >= 0.3 is 6.03 Å². The molecule has 0 bridgehead atoms. The van der Waals surface area contributed by atoms with Crippen molar-refractivity contribution in [3.05, 3.63) is 30.1 Å². The zero-order valence-corrected chi connectivity index (χ0v) is 13.7. The van der Waals surface area contributed by atoms with E-state index in [-0.39, 0.29) is 12.6 Å². The number of benzene rings is 1. The molecule has 8 nitrogen and oxygen atoms in total. The van der Waals surface area contributed by atoms with Crippen molar-refractivity contribution in [2.45, 2.75) is 44.7 Å². The lowest BCUT2D eigenvalue weighted by Crippen LogP contribution is -2.30. The van der Waals surface area contributed by atoms with Gasteiger partial charge in [-0.25, -0.2) is 9.48 Å². The predicted molar refractivity (Wildman–Crippen MR) is 88.8 cm³/mol. The zero-order valence-electron chi connectivity index (χ0n) is 13.7. The third-order valence-corrected chi connectivity index (χ3v) is 4.24. The number of carbonyl (C=O) groups excluding carboxylic acids is 1. The van der Waals surface area contributed by atoms with Gasteiger partial charge in [-0.3, -0.25) is 0 Å². The molecule has 0 unspecified atom stereocenters. The average molecular weight is 330 g/mol. The molecule has 0 aliphatic heterocycles. The van der Waals surface area contributed by atoms with E-state index in [1.54, 1.807) is 19.2 Å². The number of ether oxygens (including phenoxy) is 1. The number of urea groups is 1. The third kappa shape index (κ3) is 3.81. The smallest absolute Gasteiger partial charge is 0.319 e. The number of amides is 2. The van der Waals surface area contributed by atoms with E-state index in [2.05, 4.69) is 26.2 Å². The fourth-order valence-corrected chi connectivity index (χ4v) is 3.01. The van der Waals surface area contributed by atoms with E-state index in [0.717, 1.165) is 12.8 Å². The lowest BCUT2D eigenvalue weighted by Gasteiger charge is -2.22. The van der Waals surface area contributed by atoms with E-state index >= 15 is 0 Å². The Morgan fingerprint density at radius 3 is 2.88 bits per heavy atom. The van der Waals surface area contributed by atoms with Crippen molar-refractivity contribution in [3.63, 3.8) is 0 Å². The number of carbonyl (C=O) groups is 1. The maximum atomic E-state index is 12.1. The first-order chi connectivity index (χ1) is 11.8. The first kappa shape index (κ1) is 16.2. The van der Waals surface area contributed by atoms with Crippen LogP contribution >= 0.6 is 0 Å². The second kappa shape index (κ2) is 7.76. The molecular weight excluding hydrogens is 308 g/mol. The number of tetrazole rings is 1. The molecule has 0 spiro atoms. The highest BCUT2D eigenvalue weighted by atomic mass is 16.5. The van der Waals surface area contributed by atoms with E-state index < -0.39 is 0 Å². The minimum Gasteiger partial charge on any atom is -0.495 e. The molecule has 2 amide bonds. The molecule has 1 fully saturated rings. The fourth-order valence-electron chi connectivity index (χ4n) is 3.01. The fraction of sp³-hybridized carbons (Fsp3) is 0.500. The van der Waals surface area contributed by atoms with Gasteiger partial charge in [0.15, 0.2) is 5.82 Å². The molecule has 3 rings (SSSR count). The van der Waals surface area contributed by atoms with Crippen molar-refractivity contribution < 1.29 is 9.53 Å². The highest BCUT2D eigenvalue weighted by Crippen LogP contribution is 2.27. The summed E-state index contributed by atoms with van der Waals surface area (Å²) in [5.74, 6) is 1.29. The number of methoxy groups -OCH3 is 1. The van der Waals surface area contributed by atoms with Crippen LogP contribution in [0.1, 0.15) is 44.0 Å². The van der Waals surface area contributed by atoms with E-state index in [1.807, 2.05) is 16.8 Å². The summed E-state index contributed by atoms with van der Waals surface area (Å²) in [6.07, 6.45) is 5.85. The second-order valence-corrected chi connectivity index (χ2v) is 5.84. The summed E-state index contributed by atoms with van der Waals surface area (Å²) < 4.78 is 7.07. The minimum atomic E-state index is -0.322. The molecule has 128 valence electrons. The minimum absolute atomic E-state index is 0.282. The molecule has 1 aromatic heterocycles. The number of nitrogens with zero attached hydrogens (tertiary/aromatic N) is 4. The maximum Gasteiger partial charge on any atom is 0.319 e. The van der Waals surface area contributed by atoms with E-state index in [0.29, 0.717) is 23.3 Å². The Balaban J connectivity index is 1.58. The van der Waals surface area contributed by atoms with Gasteiger partial charge in [-0.2, -0.15) is 0 Å². The summed E-state index contributed by atoms with van der Waals surface area (Å²) in [5, 5.41) is 17.5. The molecule has 2 aromatic rings. The van der Waals surface area contributed by atoms with E-state index in [1.165, 1.54) is 19.3 Å². The molecule has 1 aromatic carbocycles. The van der Waals surface area contributed by atoms with Gasteiger partial charge in [0.2, 0.25) is 0 Å². The molecule has 0 radical (unpaired) electrons. The van der Waals surface area contributed by atoms with Crippen LogP contribution in [0.3, 0.4) is 0 Å². The largest absolute Gasteiger partial charge is 0.495 e. The number of hydrogen-bond acceptors (Lipinski definition) is 5. The number of rotatable bonds is 5. The van der Waals surface area contributed by atoms with Gasteiger partial charge < -0.3 is 15.4 Å². The number of para-hydroxylation sites is 2. The summed E-state index contributed by atoms with van der Waals surface area (Å²) in [4.78, 5) is 12.1. The van der Waals surface area contributed by atoms with Crippen molar-refractivity contribution in [1.29, 1.82) is 0 Å². The highest BCUT2D eigenvalue weighted by Gasteiger charge is 2.20. The van der Waals surface area contributed by atoms with Gasteiger partial charge in [-0.1, -0.05) is 31.4 Å². The van der Waals surface area contributed by atoms with Crippen LogP contribution in [0.5, 0.6) is 5.75 Å². The Hall–Kier alpha value is -2.64. The Kier molecular flexibility index (Phi) is 5.25. The van der Waals surface area contributed by atoms with Crippen LogP contribution in [-0.2, 0) is 6.54 Å². The Labute approximate surface area is 140 Å². The van der Waals surface area contributed by atoms with Gasteiger partial charge in [0.25, 0.3) is 0 Å². The number of aromatic nitrogens is 4.